The zero-order valence-corrected chi connectivity index (χ0v) is 10.5. The van der Waals surface area contributed by atoms with E-state index in [4.69, 9.17) is 4.74 Å². The highest BCUT2D eigenvalue weighted by atomic mass is 79.9. The molecule has 0 aliphatic carbocycles. The number of rotatable bonds is 2. The standard InChI is InChI=1S/C11H11BrOS/c1-7-3-8-4-9(6-12)14-11(8)5-10(7)13-2/h3-5H,6H2,1-2H3. The summed E-state index contributed by atoms with van der Waals surface area (Å²) in [6.07, 6.45) is 0. The summed E-state index contributed by atoms with van der Waals surface area (Å²) in [5.74, 6) is 0.973. The van der Waals surface area contributed by atoms with Crippen LogP contribution in [0.1, 0.15) is 10.4 Å². The Bertz CT molecular complexity index is 462. The Kier molecular flexibility index (Phi) is 2.79. The molecule has 0 saturated heterocycles. The molecule has 0 atom stereocenters. The molecular weight excluding hydrogens is 260 g/mol. The fraction of sp³-hybridized carbons (Fsp3) is 0.273. The van der Waals surface area contributed by atoms with Crippen molar-refractivity contribution in [1.82, 2.24) is 0 Å². The number of aryl methyl sites for hydroxylation is 1. The number of fused-ring (bicyclic) bond motifs is 1. The van der Waals surface area contributed by atoms with Gasteiger partial charge in [-0.25, -0.2) is 0 Å². The van der Waals surface area contributed by atoms with Crippen molar-refractivity contribution in [3.8, 4) is 5.75 Å². The third kappa shape index (κ3) is 1.66. The normalized spacial score (nSPS) is 10.8. The van der Waals surface area contributed by atoms with Gasteiger partial charge in [0.25, 0.3) is 0 Å². The Morgan fingerprint density at radius 3 is 2.79 bits per heavy atom. The van der Waals surface area contributed by atoms with Gasteiger partial charge in [0.05, 0.1) is 7.11 Å². The van der Waals surface area contributed by atoms with E-state index in [2.05, 4.69) is 41.1 Å². The summed E-state index contributed by atoms with van der Waals surface area (Å²) in [4.78, 5) is 1.35. The number of hydrogen-bond acceptors (Lipinski definition) is 2. The first-order chi connectivity index (χ1) is 6.74. The average molecular weight is 271 g/mol. The summed E-state index contributed by atoms with van der Waals surface area (Å²) in [5.41, 5.74) is 1.19. The van der Waals surface area contributed by atoms with Crippen LogP contribution in [0, 0.1) is 6.92 Å². The molecular formula is C11H11BrOS. The molecule has 0 aliphatic heterocycles. The monoisotopic (exact) mass is 270 g/mol. The second-order valence-corrected chi connectivity index (χ2v) is 4.94. The summed E-state index contributed by atoms with van der Waals surface area (Å²) >= 11 is 5.28. The van der Waals surface area contributed by atoms with Crippen molar-refractivity contribution in [3.05, 3.63) is 28.6 Å². The van der Waals surface area contributed by atoms with E-state index in [9.17, 15) is 0 Å². The highest BCUT2D eigenvalue weighted by molar-refractivity contribution is 9.08. The van der Waals surface area contributed by atoms with Crippen LogP contribution in [0.2, 0.25) is 0 Å². The van der Waals surface area contributed by atoms with Crippen molar-refractivity contribution in [2.24, 2.45) is 0 Å². The molecule has 0 bridgehead atoms. The lowest BCUT2D eigenvalue weighted by atomic mass is 10.1. The minimum absolute atomic E-state index is 0.924. The van der Waals surface area contributed by atoms with E-state index in [0.717, 1.165) is 11.1 Å². The molecule has 1 aromatic carbocycles. The predicted molar refractivity (Wildman–Crippen MR) is 65.7 cm³/mol. The van der Waals surface area contributed by atoms with Crippen molar-refractivity contribution in [3.63, 3.8) is 0 Å². The van der Waals surface area contributed by atoms with Crippen molar-refractivity contribution in [2.75, 3.05) is 7.11 Å². The molecule has 0 radical (unpaired) electrons. The van der Waals surface area contributed by atoms with Crippen LogP contribution in [0.25, 0.3) is 10.1 Å². The number of thiophene rings is 1. The molecule has 1 heterocycles. The van der Waals surface area contributed by atoms with E-state index in [1.54, 1.807) is 7.11 Å². The van der Waals surface area contributed by atoms with Crippen molar-refractivity contribution < 1.29 is 4.74 Å². The Hall–Kier alpha value is -0.540. The van der Waals surface area contributed by atoms with Gasteiger partial charge in [0.15, 0.2) is 0 Å². The lowest BCUT2D eigenvalue weighted by Gasteiger charge is -2.03. The van der Waals surface area contributed by atoms with Crippen LogP contribution in [0.5, 0.6) is 5.75 Å². The number of hydrogen-bond donors (Lipinski definition) is 0. The van der Waals surface area contributed by atoms with E-state index in [-0.39, 0.29) is 0 Å². The number of methoxy groups -OCH3 is 1. The molecule has 0 fully saturated rings. The van der Waals surface area contributed by atoms with Gasteiger partial charge in [0, 0.05) is 14.9 Å². The maximum absolute atomic E-state index is 5.29. The predicted octanol–water partition coefficient (Wildman–Crippen LogP) is 4.11. The van der Waals surface area contributed by atoms with Crippen LogP contribution < -0.4 is 4.74 Å². The van der Waals surface area contributed by atoms with Gasteiger partial charge in [-0.1, -0.05) is 15.9 Å². The molecule has 1 nitrogen and oxygen atoms in total. The first-order valence-electron chi connectivity index (χ1n) is 4.37. The third-order valence-electron chi connectivity index (χ3n) is 2.22. The smallest absolute Gasteiger partial charge is 0.123 e. The van der Waals surface area contributed by atoms with Crippen molar-refractivity contribution >= 4 is 37.4 Å². The van der Waals surface area contributed by atoms with Crippen LogP contribution in [0.4, 0.5) is 0 Å². The van der Waals surface area contributed by atoms with Gasteiger partial charge in [0.2, 0.25) is 0 Å². The zero-order valence-electron chi connectivity index (χ0n) is 8.13. The quantitative estimate of drug-likeness (QED) is 0.747. The van der Waals surface area contributed by atoms with Gasteiger partial charge in [-0.2, -0.15) is 0 Å². The number of alkyl halides is 1. The number of benzene rings is 1. The van der Waals surface area contributed by atoms with Gasteiger partial charge in [0.1, 0.15) is 5.75 Å². The van der Waals surface area contributed by atoms with Gasteiger partial charge < -0.3 is 4.74 Å². The summed E-state index contributed by atoms with van der Waals surface area (Å²) in [5, 5.41) is 2.23. The minimum atomic E-state index is 0.924. The highest BCUT2D eigenvalue weighted by Crippen LogP contribution is 2.32. The van der Waals surface area contributed by atoms with Crippen molar-refractivity contribution in [2.45, 2.75) is 12.3 Å². The topological polar surface area (TPSA) is 9.23 Å². The summed E-state index contributed by atoms with van der Waals surface area (Å²) < 4.78 is 6.58. The maximum atomic E-state index is 5.29. The molecule has 0 aliphatic rings. The Morgan fingerprint density at radius 2 is 2.14 bits per heavy atom. The van der Waals surface area contributed by atoms with E-state index in [1.807, 2.05) is 11.3 Å². The van der Waals surface area contributed by atoms with E-state index >= 15 is 0 Å². The van der Waals surface area contributed by atoms with E-state index < -0.39 is 0 Å². The molecule has 1 aromatic heterocycles. The summed E-state index contributed by atoms with van der Waals surface area (Å²) in [6, 6.07) is 6.51. The Balaban J connectivity index is 2.64. The maximum Gasteiger partial charge on any atom is 0.123 e. The van der Waals surface area contributed by atoms with Gasteiger partial charge in [-0.05, 0) is 36.1 Å². The molecule has 0 spiro atoms. The molecule has 14 heavy (non-hydrogen) atoms. The number of ether oxygens (including phenoxy) is 1. The molecule has 3 heteroatoms. The highest BCUT2D eigenvalue weighted by Gasteiger charge is 2.05. The lowest BCUT2D eigenvalue weighted by Crippen LogP contribution is -1.85. The molecule has 2 rings (SSSR count). The zero-order chi connectivity index (χ0) is 10.1. The molecule has 0 unspecified atom stereocenters. The Morgan fingerprint density at radius 1 is 1.36 bits per heavy atom. The van der Waals surface area contributed by atoms with Crippen LogP contribution in [-0.2, 0) is 5.33 Å². The van der Waals surface area contributed by atoms with Crippen molar-refractivity contribution in [1.29, 1.82) is 0 Å². The lowest BCUT2D eigenvalue weighted by molar-refractivity contribution is 0.412. The second kappa shape index (κ2) is 3.91. The van der Waals surface area contributed by atoms with E-state index in [1.165, 1.54) is 20.5 Å². The van der Waals surface area contributed by atoms with Gasteiger partial charge in [-0.15, -0.1) is 11.3 Å². The van der Waals surface area contributed by atoms with Crippen LogP contribution in [0.3, 0.4) is 0 Å². The first kappa shape index (κ1) is 9.99. The van der Waals surface area contributed by atoms with Crippen LogP contribution in [0.15, 0.2) is 18.2 Å². The fourth-order valence-electron chi connectivity index (χ4n) is 1.52. The first-order valence-corrected chi connectivity index (χ1v) is 6.31. The number of halogens is 1. The SMILES string of the molecule is COc1cc2sc(CBr)cc2cc1C. The minimum Gasteiger partial charge on any atom is -0.496 e. The Labute approximate surface area is 95.8 Å². The average Bonchev–Trinajstić information content (AvgIpc) is 2.58. The molecule has 2 aromatic rings. The third-order valence-corrected chi connectivity index (χ3v) is 4.29. The molecule has 0 saturated carbocycles. The second-order valence-electron chi connectivity index (χ2n) is 3.21. The largest absolute Gasteiger partial charge is 0.496 e. The molecule has 74 valence electrons. The summed E-state index contributed by atoms with van der Waals surface area (Å²) in [7, 11) is 1.72. The van der Waals surface area contributed by atoms with Gasteiger partial charge in [-0.3, -0.25) is 0 Å². The molecule has 0 N–H and O–H groups in total. The summed E-state index contributed by atoms with van der Waals surface area (Å²) in [6.45, 7) is 2.07. The molecule has 0 amide bonds. The van der Waals surface area contributed by atoms with Gasteiger partial charge >= 0.3 is 0 Å². The van der Waals surface area contributed by atoms with E-state index in [0.29, 0.717) is 0 Å². The fourth-order valence-corrected chi connectivity index (χ4v) is 2.95. The van der Waals surface area contributed by atoms with Crippen LogP contribution in [-0.4, -0.2) is 7.11 Å². The van der Waals surface area contributed by atoms with Crippen LogP contribution >= 0.6 is 27.3 Å².